The Bertz CT molecular complexity index is 575. The molecule has 3 nitrogen and oxygen atoms in total. The zero-order valence-corrected chi connectivity index (χ0v) is 12.1. The zero-order valence-electron chi connectivity index (χ0n) is 8.95. The van der Waals surface area contributed by atoms with Crippen molar-refractivity contribution >= 4 is 44.7 Å². The number of aromatic nitrogens is 2. The van der Waals surface area contributed by atoms with Gasteiger partial charge >= 0.3 is 0 Å². The van der Waals surface area contributed by atoms with Crippen LogP contribution in [-0.4, -0.2) is 14.8 Å². The summed E-state index contributed by atoms with van der Waals surface area (Å²) in [6, 6.07) is 5.64. The Labute approximate surface area is 118 Å². The number of aryl methyl sites for hydroxylation is 1. The third kappa shape index (κ3) is 2.51. The lowest BCUT2D eigenvalue weighted by molar-refractivity contribution is 0.862. The SMILES string of the molecule is Cc1nn(-c2ccc(C(N)=S)c(Br)c2)cc1Cl. The van der Waals surface area contributed by atoms with Crippen molar-refractivity contribution in [3.05, 3.63) is 45.1 Å². The predicted octanol–water partition coefficient (Wildman–Crippen LogP) is 3.23. The van der Waals surface area contributed by atoms with Crippen molar-refractivity contribution in [2.75, 3.05) is 0 Å². The number of rotatable bonds is 2. The highest BCUT2D eigenvalue weighted by molar-refractivity contribution is 9.10. The Balaban J connectivity index is 2.47. The fourth-order valence-electron chi connectivity index (χ4n) is 1.42. The highest BCUT2D eigenvalue weighted by atomic mass is 79.9. The van der Waals surface area contributed by atoms with Crippen molar-refractivity contribution in [1.82, 2.24) is 9.78 Å². The van der Waals surface area contributed by atoms with E-state index in [1.54, 1.807) is 10.9 Å². The molecule has 0 radical (unpaired) electrons. The van der Waals surface area contributed by atoms with Crippen LogP contribution in [-0.2, 0) is 0 Å². The van der Waals surface area contributed by atoms with E-state index >= 15 is 0 Å². The molecule has 17 heavy (non-hydrogen) atoms. The summed E-state index contributed by atoms with van der Waals surface area (Å²) in [6.07, 6.45) is 1.76. The van der Waals surface area contributed by atoms with Crippen LogP contribution in [0, 0.1) is 6.92 Å². The smallest absolute Gasteiger partial charge is 0.105 e. The highest BCUT2D eigenvalue weighted by Gasteiger charge is 2.07. The van der Waals surface area contributed by atoms with Gasteiger partial charge < -0.3 is 5.73 Å². The molecule has 0 unspecified atom stereocenters. The summed E-state index contributed by atoms with van der Waals surface area (Å²) in [5.41, 5.74) is 8.08. The lowest BCUT2D eigenvalue weighted by Gasteiger charge is -2.06. The second-order valence-electron chi connectivity index (χ2n) is 3.54. The van der Waals surface area contributed by atoms with Gasteiger partial charge in [-0.15, -0.1) is 0 Å². The minimum absolute atomic E-state index is 0.359. The Hall–Kier alpha value is -0.910. The lowest BCUT2D eigenvalue weighted by atomic mass is 10.2. The van der Waals surface area contributed by atoms with Gasteiger partial charge in [-0.05, 0) is 41.1 Å². The first-order valence-electron chi connectivity index (χ1n) is 4.80. The summed E-state index contributed by atoms with van der Waals surface area (Å²) in [7, 11) is 0. The summed E-state index contributed by atoms with van der Waals surface area (Å²) in [6.45, 7) is 1.86. The number of nitrogens with zero attached hydrogens (tertiary/aromatic N) is 2. The van der Waals surface area contributed by atoms with E-state index in [4.69, 9.17) is 29.6 Å². The Morgan fingerprint density at radius 3 is 2.71 bits per heavy atom. The second-order valence-corrected chi connectivity index (χ2v) is 5.24. The van der Waals surface area contributed by atoms with Crippen LogP contribution >= 0.6 is 39.7 Å². The Morgan fingerprint density at radius 2 is 2.24 bits per heavy atom. The molecular weight excluding hydrogens is 322 g/mol. The quantitative estimate of drug-likeness (QED) is 0.860. The van der Waals surface area contributed by atoms with Crippen LogP contribution in [0.1, 0.15) is 11.3 Å². The maximum atomic E-state index is 5.96. The first-order valence-corrected chi connectivity index (χ1v) is 6.38. The molecule has 0 saturated heterocycles. The molecule has 2 aromatic rings. The number of halogens is 2. The molecular formula is C11H9BrClN3S. The van der Waals surface area contributed by atoms with E-state index < -0.39 is 0 Å². The van der Waals surface area contributed by atoms with Crippen LogP contribution in [0.3, 0.4) is 0 Å². The van der Waals surface area contributed by atoms with Crippen molar-refractivity contribution in [2.24, 2.45) is 5.73 Å². The van der Waals surface area contributed by atoms with Crippen LogP contribution < -0.4 is 5.73 Å². The normalized spacial score (nSPS) is 10.5. The van der Waals surface area contributed by atoms with Gasteiger partial charge in [0, 0.05) is 16.2 Å². The molecule has 6 heteroatoms. The molecule has 0 amide bonds. The monoisotopic (exact) mass is 329 g/mol. The predicted molar refractivity (Wildman–Crippen MR) is 76.9 cm³/mol. The van der Waals surface area contributed by atoms with Crippen LogP contribution in [0.25, 0.3) is 5.69 Å². The lowest BCUT2D eigenvalue weighted by Crippen LogP contribution is -2.10. The molecule has 88 valence electrons. The molecule has 0 aliphatic heterocycles. The van der Waals surface area contributed by atoms with E-state index in [2.05, 4.69) is 21.0 Å². The third-order valence-corrected chi connectivity index (χ3v) is 3.57. The molecule has 1 aromatic heterocycles. The largest absolute Gasteiger partial charge is 0.389 e. The third-order valence-electron chi connectivity index (χ3n) is 2.32. The zero-order chi connectivity index (χ0) is 12.6. The fourth-order valence-corrected chi connectivity index (χ4v) is 2.44. The number of hydrogen-bond acceptors (Lipinski definition) is 2. The van der Waals surface area contributed by atoms with Gasteiger partial charge in [-0.1, -0.05) is 23.8 Å². The van der Waals surface area contributed by atoms with Crippen LogP contribution in [0.5, 0.6) is 0 Å². The molecule has 2 rings (SSSR count). The van der Waals surface area contributed by atoms with E-state index in [9.17, 15) is 0 Å². The number of thiocarbonyl (C=S) groups is 1. The average molecular weight is 331 g/mol. The molecule has 0 bridgehead atoms. The first kappa shape index (κ1) is 12.5. The van der Waals surface area contributed by atoms with E-state index in [-0.39, 0.29) is 0 Å². The van der Waals surface area contributed by atoms with Gasteiger partial charge in [0.05, 0.1) is 16.4 Å². The molecule has 0 saturated carbocycles. The molecule has 0 aliphatic carbocycles. The molecule has 0 aliphatic rings. The molecule has 2 N–H and O–H groups in total. The summed E-state index contributed by atoms with van der Waals surface area (Å²) in [5, 5.41) is 4.93. The molecule has 1 heterocycles. The van der Waals surface area contributed by atoms with E-state index in [0.717, 1.165) is 21.4 Å². The van der Waals surface area contributed by atoms with Gasteiger partial charge in [-0.25, -0.2) is 4.68 Å². The van der Waals surface area contributed by atoms with E-state index in [0.29, 0.717) is 10.0 Å². The maximum absolute atomic E-state index is 5.96. The minimum atomic E-state index is 0.359. The van der Waals surface area contributed by atoms with Gasteiger partial charge in [0.25, 0.3) is 0 Å². The molecule has 0 spiro atoms. The second kappa shape index (κ2) is 4.76. The van der Waals surface area contributed by atoms with Gasteiger partial charge in [-0.3, -0.25) is 0 Å². The summed E-state index contributed by atoms with van der Waals surface area (Å²) >= 11 is 14.3. The number of nitrogens with two attached hydrogens (primary N) is 1. The standard InChI is InChI=1S/C11H9BrClN3S/c1-6-10(13)5-16(15-6)7-2-3-8(11(14)17)9(12)4-7/h2-5H,1H3,(H2,14,17). The minimum Gasteiger partial charge on any atom is -0.389 e. The van der Waals surface area contributed by atoms with Gasteiger partial charge in [0.2, 0.25) is 0 Å². The van der Waals surface area contributed by atoms with Crippen molar-refractivity contribution in [2.45, 2.75) is 6.92 Å². The Kier molecular flexibility index (Phi) is 3.51. The van der Waals surface area contributed by atoms with Crippen molar-refractivity contribution < 1.29 is 0 Å². The van der Waals surface area contributed by atoms with Gasteiger partial charge in [-0.2, -0.15) is 5.10 Å². The average Bonchev–Trinajstić information content (AvgIpc) is 2.58. The molecule has 0 fully saturated rings. The Morgan fingerprint density at radius 1 is 1.53 bits per heavy atom. The first-order chi connectivity index (χ1) is 7.99. The topological polar surface area (TPSA) is 43.8 Å². The van der Waals surface area contributed by atoms with Crippen molar-refractivity contribution in [1.29, 1.82) is 0 Å². The van der Waals surface area contributed by atoms with E-state index in [1.165, 1.54) is 0 Å². The van der Waals surface area contributed by atoms with Crippen molar-refractivity contribution in [3.63, 3.8) is 0 Å². The fraction of sp³-hybridized carbons (Fsp3) is 0.0909. The summed E-state index contributed by atoms with van der Waals surface area (Å²) in [5.74, 6) is 0. The van der Waals surface area contributed by atoms with Gasteiger partial charge in [0.1, 0.15) is 4.99 Å². The molecule has 0 atom stereocenters. The van der Waals surface area contributed by atoms with Crippen LogP contribution in [0.15, 0.2) is 28.9 Å². The van der Waals surface area contributed by atoms with Crippen LogP contribution in [0.4, 0.5) is 0 Å². The molecule has 1 aromatic carbocycles. The van der Waals surface area contributed by atoms with Crippen LogP contribution in [0.2, 0.25) is 5.02 Å². The van der Waals surface area contributed by atoms with E-state index in [1.807, 2.05) is 25.1 Å². The maximum Gasteiger partial charge on any atom is 0.105 e. The summed E-state index contributed by atoms with van der Waals surface area (Å²) < 4.78 is 2.55. The number of hydrogen-bond donors (Lipinski definition) is 1. The highest BCUT2D eigenvalue weighted by Crippen LogP contribution is 2.22. The van der Waals surface area contributed by atoms with Crippen molar-refractivity contribution in [3.8, 4) is 5.69 Å². The number of benzene rings is 1. The summed E-state index contributed by atoms with van der Waals surface area (Å²) in [4.78, 5) is 0.359. The van der Waals surface area contributed by atoms with Gasteiger partial charge in [0.15, 0.2) is 0 Å².